The van der Waals surface area contributed by atoms with E-state index in [1.54, 1.807) is 0 Å². The molecule has 0 saturated carbocycles. The van der Waals surface area contributed by atoms with Crippen molar-refractivity contribution in [1.82, 2.24) is 4.98 Å². The number of aromatic nitrogens is 1. The number of aromatic amines is 1. The van der Waals surface area contributed by atoms with E-state index in [0.29, 0.717) is 0 Å². The number of hydrogen-bond acceptors (Lipinski definition) is 1. The molecule has 0 saturated heterocycles. The van der Waals surface area contributed by atoms with Crippen LogP contribution in [0.1, 0.15) is 42.0 Å². The van der Waals surface area contributed by atoms with Crippen LogP contribution in [-0.2, 0) is 0 Å². The van der Waals surface area contributed by atoms with Gasteiger partial charge in [0.2, 0.25) is 0 Å². The number of H-pyrrole nitrogens is 1. The van der Waals surface area contributed by atoms with Gasteiger partial charge in [-0.1, -0.05) is 6.92 Å². The van der Waals surface area contributed by atoms with Gasteiger partial charge in [0, 0.05) is 11.4 Å². The third kappa shape index (κ3) is 1.39. The first-order chi connectivity index (χ1) is 5.57. The van der Waals surface area contributed by atoms with E-state index in [2.05, 4.69) is 11.9 Å². The van der Waals surface area contributed by atoms with Gasteiger partial charge in [-0.05, 0) is 38.3 Å². The van der Waals surface area contributed by atoms with E-state index in [1.165, 1.54) is 11.1 Å². The van der Waals surface area contributed by atoms with Gasteiger partial charge >= 0.3 is 0 Å². The third-order valence-electron chi connectivity index (χ3n) is 2.57. The molecule has 0 fully saturated rings. The van der Waals surface area contributed by atoms with E-state index in [9.17, 15) is 5.11 Å². The van der Waals surface area contributed by atoms with Crippen molar-refractivity contribution in [1.29, 1.82) is 0 Å². The summed E-state index contributed by atoms with van der Waals surface area (Å²) in [6, 6.07) is 0. The Kier molecular flexibility index (Phi) is 2.58. The Bertz CT molecular complexity index is 276. The summed E-state index contributed by atoms with van der Waals surface area (Å²) in [6.07, 6.45) is 0.428. The lowest BCUT2D eigenvalue weighted by atomic mass is 10.1. The molecule has 2 nitrogen and oxygen atoms in total. The van der Waals surface area contributed by atoms with E-state index in [4.69, 9.17) is 0 Å². The molecule has 2 heteroatoms. The van der Waals surface area contributed by atoms with Gasteiger partial charge < -0.3 is 10.1 Å². The van der Waals surface area contributed by atoms with Crippen molar-refractivity contribution in [2.45, 2.75) is 40.2 Å². The van der Waals surface area contributed by atoms with Crippen LogP contribution in [0.5, 0.6) is 0 Å². The van der Waals surface area contributed by atoms with E-state index in [1.807, 2.05) is 20.8 Å². The van der Waals surface area contributed by atoms with Gasteiger partial charge in [0.05, 0.1) is 6.10 Å². The first kappa shape index (κ1) is 9.33. The summed E-state index contributed by atoms with van der Waals surface area (Å²) in [5.74, 6) is 0. The zero-order valence-corrected chi connectivity index (χ0v) is 8.23. The van der Waals surface area contributed by atoms with Gasteiger partial charge in [-0.25, -0.2) is 0 Å². The van der Waals surface area contributed by atoms with Crippen LogP contribution in [0.25, 0.3) is 0 Å². The van der Waals surface area contributed by atoms with Crippen molar-refractivity contribution in [3.8, 4) is 0 Å². The molecule has 0 aliphatic rings. The maximum Gasteiger partial charge on any atom is 0.0937 e. The fourth-order valence-corrected chi connectivity index (χ4v) is 1.41. The van der Waals surface area contributed by atoms with Crippen LogP contribution in [0.2, 0.25) is 0 Å². The number of rotatable bonds is 2. The number of nitrogens with one attached hydrogen (secondary N) is 1. The molecule has 0 aliphatic carbocycles. The van der Waals surface area contributed by atoms with Gasteiger partial charge in [0.1, 0.15) is 0 Å². The molecule has 0 amide bonds. The maximum absolute atomic E-state index is 9.62. The van der Waals surface area contributed by atoms with Gasteiger partial charge in [-0.15, -0.1) is 0 Å². The molecule has 0 aliphatic heterocycles. The predicted octanol–water partition coefficient (Wildman–Crippen LogP) is 2.38. The van der Waals surface area contributed by atoms with Crippen molar-refractivity contribution < 1.29 is 5.11 Å². The van der Waals surface area contributed by atoms with Gasteiger partial charge in [-0.3, -0.25) is 0 Å². The van der Waals surface area contributed by atoms with E-state index < -0.39 is 0 Å². The molecular formula is C10H17NO. The largest absolute Gasteiger partial charge is 0.387 e. The predicted molar refractivity (Wildman–Crippen MR) is 50.3 cm³/mol. The first-order valence-corrected chi connectivity index (χ1v) is 4.41. The molecule has 68 valence electrons. The maximum atomic E-state index is 9.62. The minimum Gasteiger partial charge on any atom is -0.387 e. The van der Waals surface area contributed by atoms with Crippen LogP contribution in [0.3, 0.4) is 0 Å². The van der Waals surface area contributed by atoms with E-state index in [-0.39, 0.29) is 6.10 Å². The van der Waals surface area contributed by atoms with Crippen LogP contribution in [0.4, 0.5) is 0 Å². The zero-order chi connectivity index (χ0) is 9.30. The molecule has 1 rings (SSSR count). The Morgan fingerprint density at radius 2 is 1.83 bits per heavy atom. The van der Waals surface area contributed by atoms with Crippen LogP contribution >= 0.6 is 0 Å². The number of aliphatic hydroxyl groups is 1. The minimum atomic E-state index is -0.336. The molecule has 12 heavy (non-hydrogen) atoms. The van der Waals surface area contributed by atoms with Crippen LogP contribution < -0.4 is 0 Å². The lowest BCUT2D eigenvalue weighted by molar-refractivity contribution is 0.168. The SMILES string of the molecule is CC[C@H](O)c1[nH]c(C)c(C)c1C. The quantitative estimate of drug-likeness (QED) is 0.697. The summed E-state index contributed by atoms with van der Waals surface area (Å²) in [5, 5.41) is 9.62. The molecule has 0 radical (unpaired) electrons. The molecule has 0 unspecified atom stereocenters. The minimum absolute atomic E-state index is 0.336. The average molecular weight is 167 g/mol. The molecular weight excluding hydrogens is 150 g/mol. The summed E-state index contributed by atoms with van der Waals surface area (Å²) >= 11 is 0. The summed E-state index contributed by atoms with van der Waals surface area (Å²) in [4.78, 5) is 3.21. The lowest BCUT2D eigenvalue weighted by Crippen LogP contribution is -1.97. The van der Waals surface area contributed by atoms with Crippen molar-refractivity contribution in [3.63, 3.8) is 0 Å². The monoisotopic (exact) mass is 167 g/mol. The van der Waals surface area contributed by atoms with Gasteiger partial charge in [0.25, 0.3) is 0 Å². The summed E-state index contributed by atoms with van der Waals surface area (Å²) in [7, 11) is 0. The molecule has 1 aromatic heterocycles. The van der Waals surface area contributed by atoms with Crippen LogP contribution in [0, 0.1) is 20.8 Å². The second-order valence-corrected chi connectivity index (χ2v) is 3.34. The average Bonchev–Trinajstić information content (AvgIpc) is 2.32. The van der Waals surface area contributed by atoms with Gasteiger partial charge in [0.15, 0.2) is 0 Å². The lowest BCUT2D eigenvalue weighted by Gasteiger charge is -2.06. The molecule has 2 N–H and O–H groups in total. The number of hydrogen-bond donors (Lipinski definition) is 2. The van der Waals surface area contributed by atoms with Crippen molar-refractivity contribution >= 4 is 0 Å². The second kappa shape index (κ2) is 3.31. The Labute approximate surface area is 73.6 Å². The fraction of sp³-hybridized carbons (Fsp3) is 0.600. The molecule has 0 bridgehead atoms. The normalized spacial score (nSPS) is 13.4. The first-order valence-electron chi connectivity index (χ1n) is 4.41. The Morgan fingerprint density at radius 1 is 1.25 bits per heavy atom. The fourth-order valence-electron chi connectivity index (χ4n) is 1.41. The zero-order valence-electron chi connectivity index (χ0n) is 8.23. The highest BCUT2D eigenvalue weighted by atomic mass is 16.3. The molecule has 1 atom stereocenters. The second-order valence-electron chi connectivity index (χ2n) is 3.34. The Balaban J connectivity index is 3.08. The Morgan fingerprint density at radius 3 is 2.17 bits per heavy atom. The number of aryl methyl sites for hydroxylation is 1. The molecule has 0 spiro atoms. The molecule has 1 aromatic rings. The van der Waals surface area contributed by atoms with Gasteiger partial charge in [-0.2, -0.15) is 0 Å². The van der Waals surface area contributed by atoms with Crippen LogP contribution in [0.15, 0.2) is 0 Å². The number of aliphatic hydroxyl groups excluding tert-OH is 1. The van der Waals surface area contributed by atoms with Crippen molar-refractivity contribution in [3.05, 3.63) is 22.5 Å². The summed E-state index contributed by atoms with van der Waals surface area (Å²) in [6.45, 7) is 8.14. The standard InChI is InChI=1S/C10H17NO/c1-5-9(12)10-7(3)6(2)8(4)11-10/h9,11-12H,5H2,1-4H3/t9-/m0/s1. The van der Waals surface area contributed by atoms with Crippen molar-refractivity contribution in [2.24, 2.45) is 0 Å². The summed E-state index contributed by atoms with van der Waals surface area (Å²) < 4.78 is 0. The third-order valence-corrected chi connectivity index (χ3v) is 2.57. The highest BCUT2D eigenvalue weighted by molar-refractivity contribution is 5.35. The molecule has 0 aromatic carbocycles. The highest BCUT2D eigenvalue weighted by Gasteiger charge is 2.13. The summed E-state index contributed by atoms with van der Waals surface area (Å²) in [5.41, 5.74) is 4.60. The smallest absolute Gasteiger partial charge is 0.0937 e. The topological polar surface area (TPSA) is 36.0 Å². The van der Waals surface area contributed by atoms with E-state index >= 15 is 0 Å². The molecule has 1 heterocycles. The Hall–Kier alpha value is -0.760. The highest BCUT2D eigenvalue weighted by Crippen LogP contribution is 2.23. The van der Waals surface area contributed by atoms with Crippen LogP contribution in [-0.4, -0.2) is 10.1 Å². The van der Waals surface area contributed by atoms with Crippen molar-refractivity contribution in [2.75, 3.05) is 0 Å². The van der Waals surface area contributed by atoms with E-state index in [0.717, 1.165) is 17.8 Å².